The summed E-state index contributed by atoms with van der Waals surface area (Å²) in [6, 6.07) is 0. The molecule has 7 nitrogen and oxygen atoms in total. The zero-order chi connectivity index (χ0) is 20.5. The molecule has 0 N–H and O–H groups in total. The monoisotopic (exact) mass is 392 g/mol. The summed E-state index contributed by atoms with van der Waals surface area (Å²) in [5.41, 5.74) is -0.469. The number of carbonyl (C=O) groups excluding carboxylic acids is 4. The Morgan fingerprint density at radius 1 is 1.07 bits per heavy atom. The molecule has 2 aliphatic carbocycles. The summed E-state index contributed by atoms with van der Waals surface area (Å²) in [5, 5.41) is 0. The van der Waals surface area contributed by atoms with Crippen LogP contribution in [0.25, 0.3) is 0 Å². The lowest BCUT2D eigenvalue weighted by molar-refractivity contribution is -0.183. The summed E-state index contributed by atoms with van der Waals surface area (Å²) in [6.45, 7) is 2.11. The molecule has 0 saturated heterocycles. The van der Waals surface area contributed by atoms with E-state index in [-0.39, 0.29) is 36.9 Å². The molecule has 0 spiro atoms. The van der Waals surface area contributed by atoms with Crippen molar-refractivity contribution >= 4 is 23.7 Å². The first-order valence-corrected chi connectivity index (χ1v) is 10.0. The maximum Gasteiger partial charge on any atom is 0.334 e. The quantitative estimate of drug-likeness (QED) is 0.284. The van der Waals surface area contributed by atoms with E-state index in [0.717, 1.165) is 25.7 Å². The largest absolute Gasteiger partial charge is 0.468 e. The van der Waals surface area contributed by atoms with Gasteiger partial charge in [0.1, 0.15) is 6.10 Å². The van der Waals surface area contributed by atoms with Gasteiger partial charge in [0.2, 0.25) is 0 Å². The maximum absolute atomic E-state index is 12.8. The van der Waals surface area contributed by atoms with Gasteiger partial charge in [0, 0.05) is 29.9 Å². The second-order valence-electron chi connectivity index (χ2n) is 8.03. The Balaban J connectivity index is 1.93. The molecular weight excluding hydrogens is 364 g/mol. The van der Waals surface area contributed by atoms with Crippen LogP contribution in [0, 0.1) is 17.3 Å². The highest BCUT2D eigenvalue weighted by molar-refractivity contribution is 6.08. The average Bonchev–Trinajstić information content (AvgIpc) is 3.02. The highest BCUT2D eigenvalue weighted by Gasteiger charge is 2.62. The number of Topliss-reactive ketones (excluding diaryl/α,β-unsaturated/α-hetero) is 1. The summed E-state index contributed by atoms with van der Waals surface area (Å²) in [5.74, 6) is -2.44. The number of rotatable bonds is 7. The van der Waals surface area contributed by atoms with Crippen molar-refractivity contribution in [1.82, 2.24) is 0 Å². The van der Waals surface area contributed by atoms with Crippen LogP contribution >= 0.6 is 0 Å². The van der Waals surface area contributed by atoms with Crippen LogP contribution < -0.4 is 0 Å². The van der Waals surface area contributed by atoms with E-state index in [9.17, 15) is 19.2 Å². The molecule has 0 aromatic carbocycles. The Kier molecular flexibility index (Phi) is 5.91. The molecule has 2 saturated carbocycles. The number of hydrogen-bond donors (Lipinski definition) is 0. The first-order chi connectivity index (χ1) is 13.4. The van der Waals surface area contributed by atoms with Gasteiger partial charge < -0.3 is 14.2 Å². The number of ether oxygens (including phenoxy) is 3. The Labute approximate surface area is 164 Å². The Morgan fingerprint density at radius 3 is 2.36 bits per heavy atom. The number of ketones is 1. The standard InChI is InChI=1S/C21H28O7/c1-4-5-6-7-8-13-17-14(22)9-12-10-21(19(24)26-2,20(25)27-3)11-15(16(12)17)28-18(13)23/h12,15-16H,4-11H2,1-3H3/t12-,15+,16-/m0/s1. The lowest BCUT2D eigenvalue weighted by Gasteiger charge is -2.44. The van der Waals surface area contributed by atoms with Crippen LogP contribution in [0.5, 0.6) is 0 Å². The number of unbranched alkanes of at least 4 members (excludes halogenated alkanes) is 3. The van der Waals surface area contributed by atoms with E-state index >= 15 is 0 Å². The van der Waals surface area contributed by atoms with Crippen molar-refractivity contribution in [3.63, 3.8) is 0 Å². The third kappa shape index (κ3) is 3.25. The minimum absolute atomic E-state index is 0.0147. The summed E-state index contributed by atoms with van der Waals surface area (Å²) in [7, 11) is 2.43. The molecule has 0 aromatic rings. The molecule has 0 unspecified atom stereocenters. The van der Waals surface area contributed by atoms with Crippen LogP contribution in [0.3, 0.4) is 0 Å². The molecule has 154 valence electrons. The molecule has 0 bridgehead atoms. The summed E-state index contributed by atoms with van der Waals surface area (Å²) in [6.07, 6.45) is 4.22. The molecule has 1 heterocycles. The van der Waals surface area contributed by atoms with Crippen LogP contribution in [0.15, 0.2) is 11.1 Å². The molecule has 3 atom stereocenters. The van der Waals surface area contributed by atoms with Crippen molar-refractivity contribution in [3.8, 4) is 0 Å². The van der Waals surface area contributed by atoms with E-state index in [0.29, 0.717) is 17.6 Å². The summed E-state index contributed by atoms with van der Waals surface area (Å²) in [4.78, 5) is 50.5. The fourth-order valence-electron chi connectivity index (χ4n) is 5.16. The summed E-state index contributed by atoms with van der Waals surface area (Å²) < 4.78 is 15.4. The second-order valence-corrected chi connectivity index (χ2v) is 8.03. The summed E-state index contributed by atoms with van der Waals surface area (Å²) >= 11 is 0. The van der Waals surface area contributed by atoms with E-state index in [1.54, 1.807) is 0 Å². The number of methoxy groups -OCH3 is 2. The molecule has 1 aliphatic heterocycles. The minimum atomic E-state index is -1.54. The zero-order valence-electron chi connectivity index (χ0n) is 16.7. The van der Waals surface area contributed by atoms with Crippen molar-refractivity contribution < 1.29 is 33.4 Å². The molecule has 7 heteroatoms. The molecular formula is C21H28O7. The van der Waals surface area contributed by atoms with Crippen LogP contribution in [-0.4, -0.2) is 44.0 Å². The van der Waals surface area contributed by atoms with Gasteiger partial charge in [-0.05, 0) is 25.2 Å². The predicted molar refractivity (Wildman–Crippen MR) is 98.0 cm³/mol. The molecule has 0 radical (unpaired) electrons. The number of hydrogen-bond acceptors (Lipinski definition) is 7. The topological polar surface area (TPSA) is 96.0 Å². The van der Waals surface area contributed by atoms with Gasteiger partial charge >= 0.3 is 17.9 Å². The number of carbonyl (C=O) groups is 4. The second kappa shape index (κ2) is 8.05. The van der Waals surface area contributed by atoms with Crippen LogP contribution in [-0.2, 0) is 33.4 Å². The molecule has 2 fully saturated rings. The lowest BCUT2D eigenvalue weighted by atomic mass is 9.63. The fraction of sp³-hybridized carbons (Fsp3) is 0.714. The first kappa shape index (κ1) is 20.6. The lowest BCUT2D eigenvalue weighted by Crippen LogP contribution is -2.53. The van der Waals surface area contributed by atoms with Gasteiger partial charge in [-0.2, -0.15) is 0 Å². The van der Waals surface area contributed by atoms with Crippen molar-refractivity contribution in [2.45, 2.75) is 64.4 Å². The first-order valence-electron chi connectivity index (χ1n) is 10.0. The third-order valence-electron chi connectivity index (χ3n) is 6.41. The maximum atomic E-state index is 12.8. The van der Waals surface area contributed by atoms with Crippen molar-refractivity contribution in [1.29, 1.82) is 0 Å². The molecule has 28 heavy (non-hydrogen) atoms. The highest BCUT2D eigenvalue weighted by Crippen LogP contribution is 2.55. The minimum Gasteiger partial charge on any atom is -0.468 e. The molecule has 3 aliphatic rings. The smallest absolute Gasteiger partial charge is 0.334 e. The SMILES string of the molecule is CCCCCCC1=C2C(=O)C[C@H]3CC(C(=O)OC)(C(=O)OC)C[C@@H](OC1=O)[C@@H]23. The van der Waals surface area contributed by atoms with Crippen molar-refractivity contribution in [2.24, 2.45) is 17.3 Å². The van der Waals surface area contributed by atoms with Crippen LogP contribution in [0.4, 0.5) is 0 Å². The fourth-order valence-corrected chi connectivity index (χ4v) is 5.16. The molecule has 0 amide bonds. The van der Waals surface area contributed by atoms with Crippen LogP contribution in [0.1, 0.15) is 58.3 Å². The van der Waals surface area contributed by atoms with E-state index in [4.69, 9.17) is 14.2 Å². The van der Waals surface area contributed by atoms with Gasteiger partial charge in [-0.25, -0.2) is 4.79 Å². The molecule has 3 rings (SSSR count). The van der Waals surface area contributed by atoms with Crippen molar-refractivity contribution in [3.05, 3.63) is 11.1 Å². The third-order valence-corrected chi connectivity index (χ3v) is 6.41. The van der Waals surface area contributed by atoms with Gasteiger partial charge in [-0.15, -0.1) is 0 Å². The van der Waals surface area contributed by atoms with Crippen molar-refractivity contribution in [2.75, 3.05) is 14.2 Å². The van der Waals surface area contributed by atoms with E-state index in [2.05, 4.69) is 6.92 Å². The van der Waals surface area contributed by atoms with Gasteiger partial charge in [-0.1, -0.05) is 26.2 Å². The average molecular weight is 392 g/mol. The Morgan fingerprint density at radius 2 is 1.75 bits per heavy atom. The number of esters is 3. The zero-order valence-corrected chi connectivity index (χ0v) is 16.7. The van der Waals surface area contributed by atoms with E-state index in [1.807, 2.05) is 0 Å². The van der Waals surface area contributed by atoms with Gasteiger partial charge in [0.15, 0.2) is 11.2 Å². The Bertz CT molecular complexity index is 704. The van der Waals surface area contributed by atoms with Crippen LogP contribution in [0.2, 0.25) is 0 Å². The van der Waals surface area contributed by atoms with Gasteiger partial charge in [-0.3, -0.25) is 14.4 Å². The van der Waals surface area contributed by atoms with Gasteiger partial charge in [0.25, 0.3) is 0 Å². The highest BCUT2D eigenvalue weighted by atomic mass is 16.6. The Hall–Kier alpha value is -2.18. The van der Waals surface area contributed by atoms with Gasteiger partial charge in [0.05, 0.1) is 14.2 Å². The normalized spacial score (nSPS) is 27.9. The predicted octanol–water partition coefficient (Wildman–Crippen LogP) is 2.51. The van der Waals surface area contributed by atoms with E-state index < -0.39 is 29.4 Å². The van der Waals surface area contributed by atoms with E-state index in [1.165, 1.54) is 14.2 Å². The molecule has 0 aromatic heterocycles.